The standard InChI is InChI=1S/C16H15FN2O3/c17-12-6-8-13(9-7-12)19-16(22)15(21)18-10-14(20)11-4-2-1-3-5-11/h1-9,14,20H,10H2,(H,18,21)(H,19,22). The van der Waals surface area contributed by atoms with E-state index in [0.29, 0.717) is 11.3 Å². The summed E-state index contributed by atoms with van der Waals surface area (Å²) in [6.45, 7) is -0.0836. The Kier molecular flexibility index (Phi) is 5.21. The highest BCUT2D eigenvalue weighted by atomic mass is 19.1. The first kappa shape index (κ1) is 15.7. The number of amides is 2. The third kappa shape index (κ3) is 4.39. The van der Waals surface area contributed by atoms with E-state index in [4.69, 9.17) is 0 Å². The Hall–Kier alpha value is -2.73. The monoisotopic (exact) mass is 302 g/mol. The summed E-state index contributed by atoms with van der Waals surface area (Å²) in [6.07, 6.45) is -0.899. The van der Waals surface area contributed by atoms with Crippen LogP contribution in [0.5, 0.6) is 0 Å². The number of aliphatic hydroxyl groups excluding tert-OH is 1. The molecule has 2 aromatic rings. The highest BCUT2D eigenvalue weighted by molar-refractivity contribution is 6.39. The molecule has 2 rings (SSSR count). The molecule has 0 aromatic heterocycles. The second-order valence-corrected chi connectivity index (χ2v) is 4.60. The number of carbonyl (C=O) groups excluding carboxylic acids is 2. The second-order valence-electron chi connectivity index (χ2n) is 4.60. The lowest BCUT2D eigenvalue weighted by Crippen LogP contribution is -2.37. The maximum absolute atomic E-state index is 12.7. The zero-order valence-corrected chi connectivity index (χ0v) is 11.6. The van der Waals surface area contributed by atoms with Crippen LogP contribution in [-0.2, 0) is 9.59 Å². The van der Waals surface area contributed by atoms with Gasteiger partial charge in [-0.1, -0.05) is 30.3 Å². The average Bonchev–Trinajstić information content (AvgIpc) is 2.55. The van der Waals surface area contributed by atoms with Crippen molar-refractivity contribution in [3.8, 4) is 0 Å². The van der Waals surface area contributed by atoms with Crippen LogP contribution in [0.3, 0.4) is 0 Å². The van der Waals surface area contributed by atoms with Crippen LogP contribution in [0.2, 0.25) is 0 Å². The van der Waals surface area contributed by atoms with Gasteiger partial charge in [0.2, 0.25) is 0 Å². The number of hydrogen-bond acceptors (Lipinski definition) is 3. The summed E-state index contributed by atoms with van der Waals surface area (Å²) in [5.41, 5.74) is 0.951. The lowest BCUT2D eigenvalue weighted by molar-refractivity contribution is -0.136. The molecule has 0 aliphatic rings. The Bertz CT molecular complexity index is 644. The Labute approximate surface area is 126 Å². The van der Waals surface area contributed by atoms with Crippen molar-refractivity contribution in [3.05, 3.63) is 66.0 Å². The molecule has 5 nitrogen and oxygen atoms in total. The van der Waals surface area contributed by atoms with Crippen LogP contribution in [0.4, 0.5) is 10.1 Å². The van der Waals surface area contributed by atoms with E-state index in [2.05, 4.69) is 10.6 Å². The van der Waals surface area contributed by atoms with Crippen molar-refractivity contribution >= 4 is 17.5 Å². The van der Waals surface area contributed by atoms with Crippen LogP contribution >= 0.6 is 0 Å². The summed E-state index contributed by atoms with van der Waals surface area (Å²) in [5.74, 6) is -2.19. The molecule has 0 aliphatic heterocycles. The van der Waals surface area contributed by atoms with Gasteiger partial charge < -0.3 is 15.7 Å². The number of benzene rings is 2. The van der Waals surface area contributed by atoms with Crippen LogP contribution in [0.1, 0.15) is 11.7 Å². The van der Waals surface area contributed by atoms with Gasteiger partial charge in [0, 0.05) is 12.2 Å². The lowest BCUT2D eigenvalue weighted by Gasteiger charge is -2.12. The van der Waals surface area contributed by atoms with E-state index in [0.717, 1.165) is 0 Å². The van der Waals surface area contributed by atoms with Gasteiger partial charge in [-0.25, -0.2) is 4.39 Å². The molecule has 0 aliphatic carbocycles. The first-order chi connectivity index (χ1) is 10.6. The zero-order valence-electron chi connectivity index (χ0n) is 11.6. The summed E-state index contributed by atoms with van der Waals surface area (Å²) in [6, 6.07) is 13.8. The van der Waals surface area contributed by atoms with Crippen LogP contribution in [0.15, 0.2) is 54.6 Å². The molecular formula is C16H15FN2O3. The normalized spacial score (nSPS) is 11.5. The van der Waals surface area contributed by atoms with Gasteiger partial charge in [0.25, 0.3) is 0 Å². The van der Waals surface area contributed by atoms with Crippen molar-refractivity contribution in [1.29, 1.82) is 0 Å². The molecular weight excluding hydrogens is 287 g/mol. The molecule has 0 radical (unpaired) electrons. The molecule has 2 amide bonds. The minimum Gasteiger partial charge on any atom is -0.387 e. The molecule has 0 heterocycles. The molecule has 6 heteroatoms. The van der Waals surface area contributed by atoms with Crippen LogP contribution in [0, 0.1) is 5.82 Å². The SMILES string of the molecule is O=C(NCC(O)c1ccccc1)C(=O)Nc1ccc(F)cc1. The predicted molar refractivity (Wildman–Crippen MR) is 79.4 cm³/mol. The van der Waals surface area contributed by atoms with Crippen molar-refractivity contribution < 1.29 is 19.1 Å². The fraction of sp³-hybridized carbons (Fsp3) is 0.125. The van der Waals surface area contributed by atoms with Crippen molar-refractivity contribution in [3.63, 3.8) is 0 Å². The first-order valence-electron chi connectivity index (χ1n) is 6.64. The summed E-state index contributed by atoms with van der Waals surface area (Å²) in [4.78, 5) is 23.3. The molecule has 0 bridgehead atoms. The van der Waals surface area contributed by atoms with E-state index in [1.165, 1.54) is 24.3 Å². The Morgan fingerprint density at radius 1 is 1.00 bits per heavy atom. The molecule has 22 heavy (non-hydrogen) atoms. The third-order valence-corrected chi connectivity index (χ3v) is 2.95. The number of aliphatic hydroxyl groups is 1. The number of rotatable bonds is 4. The fourth-order valence-electron chi connectivity index (χ4n) is 1.78. The predicted octanol–water partition coefficient (Wildman–Crippen LogP) is 1.61. The number of hydrogen-bond donors (Lipinski definition) is 3. The second kappa shape index (κ2) is 7.33. The van der Waals surface area contributed by atoms with Gasteiger partial charge in [-0.15, -0.1) is 0 Å². The van der Waals surface area contributed by atoms with E-state index >= 15 is 0 Å². The minimum atomic E-state index is -0.899. The van der Waals surface area contributed by atoms with E-state index in [9.17, 15) is 19.1 Å². The number of halogens is 1. The molecule has 0 spiro atoms. The maximum atomic E-state index is 12.7. The topological polar surface area (TPSA) is 78.4 Å². The highest BCUT2D eigenvalue weighted by Crippen LogP contribution is 2.11. The quantitative estimate of drug-likeness (QED) is 0.751. The molecule has 0 fully saturated rings. The number of carbonyl (C=O) groups is 2. The van der Waals surface area contributed by atoms with E-state index in [-0.39, 0.29) is 6.54 Å². The van der Waals surface area contributed by atoms with Crippen molar-refractivity contribution in [2.75, 3.05) is 11.9 Å². The molecule has 1 atom stereocenters. The largest absolute Gasteiger partial charge is 0.387 e. The highest BCUT2D eigenvalue weighted by Gasteiger charge is 2.15. The maximum Gasteiger partial charge on any atom is 0.313 e. The molecule has 2 aromatic carbocycles. The summed E-state index contributed by atoms with van der Waals surface area (Å²) in [7, 11) is 0. The van der Waals surface area contributed by atoms with Crippen molar-refractivity contribution in [2.45, 2.75) is 6.10 Å². The molecule has 1 unspecified atom stereocenters. The summed E-state index contributed by atoms with van der Waals surface area (Å²) >= 11 is 0. The lowest BCUT2D eigenvalue weighted by atomic mass is 10.1. The average molecular weight is 302 g/mol. The van der Waals surface area contributed by atoms with Crippen molar-refractivity contribution in [2.24, 2.45) is 0 Å². The molecule has 114 valence electrons. The van der Waals surface area contributed by atoms with E-state index < -0.39 is 23.7 Å². The number of anilines is 1. The van der Waals surface area contributed by atoms with Crippen LogP contribution < -0.4 is 10.6 Å². The fourth-order valence-corrected chi connectivity index (χ4v) is 1.78. The van der Waals surface area contributed by atoms with E-state index in [1.54, 1.807) is 24.3 Å². The summed E-state index contributed by atoms with van der Waals surface area (Å²) < 4.78 is 12.7. The summed E-state index contributed by atoms with van der Waals surface area (Å²) in [5, 5.41) is 14.6. The van der Waals surface area contributed by atoms with Gasteiger partial charge in [0.1, 0.15) is 5.82 Å². The van der Waals surface area contributed by atoms with Crippen molar-refractivity contribution in [1.82, 2.24) is 5.32 Å². The Morgan fingerprint density at radius 2 is 1.64 bits per heavy atom. The van der Waals surface area contributed by atoms with Gasteiger partial charge in [-0.05, 0) is 29.8 Å². The van der Waals surface area contributed by atoms with Gasteiger partial charge in [-0.3, -0.25) is 9.59 Å². The molecule has 0 saturated heterocycles. The van der Waals surface area contributed by atoms with Gasteiger partial charge in [0.05, 0.1) is 6.10 Å². The molecule has 0 saturated carbocycles. The first-order valence-corrected chi connectivity index (χ1v) is 6.64. The Balaban J connectivity index is 1.84. The van der Waals surface area contributed by atoms with Crippen LogP contribution in [-0.4, -0.2) is 23.5 Å². The van der Waals surface area contributed by atoms with Crippen LogP contribution in [0.25, 0.3) is 0 Å². The third-order valence-electron chi connectivity index (χ3n) is 2.95. The van der Waals surface area contributed by atoms with E-state index in [1.807, 2.05) is 6.07 Å². The zero-order chi connectivity index (χ0) is 15.9. The molecule has 3 N–H and O–H groups in total. The smallest absolute Gasteiger partial charge is 0.313 e. The number of nitrogens with one attached hydrogen (secondary N) is 2. The Morgan fingerprint density at radius 3 is 2.27 bits per heavy atom. The van der Waals surface area contributed by atoms with Gasteiger partial charge in [-0.2, -0.15) is 0 Å². The van der Waals surface area contributed by atoms with Gasteiger partial charge >= 0.3 is 11.8 Å². The minimum absolute atomic E-state index is 0.0836. The van der Waals surface area contributed by atoms with Gasteiger partial charge in [0.15, 0.2) is 0 Å².